The van der Waals surface area contributed by atoms with E-state index in [2.05, 4.69) is 33.0 Å². The zero-order chi connectivity index (χ0) is 14.4. The highest BCUT2D eigenvalue weighted by Gasteiger charge is 2.68. The molecule has 0 aromatic heterocycles. The van der Waals surface area contributed by atoms with Crippen molar-refractivity contribution in [1.82, 2.24) is 0 Å². The van der Waals surface area contributed by atoms with E-state index in [0.29, 0.717) is 11.4 Å². The fraction of sp³-hybridized carbons (Fsp3) is 0.533. The SMILES string of the molecule is COc1cc(NC(=O)C2C(C)(C)C2(C)C)ccc1N. The van der Waals surface area contributed by atoms with Gasteiger partial charge in [-0.1, -0.05) is 27.7 Å². The first-order chi connectivity index (χ1) is 8.71. The Hall–Kier alpha value is -1.71. The molecule has 1 amide bonds. The molecule has 1 aliphatic carbocycles. The first-order valence-electron chi connectivity index (χ1n) is 6.46. The summed E-state index contributed by atoms with van der Waals surface area (Å²) in [5, 5.41) is 2.94. The number of hydrogen-bond acceptors (Lipinski definition) is 3. The van der Waals surface area contributed by atoms with E-state index in [-0.39, 0.29) is 22.7 Å². The second-order valence-corrected chi connectivity index (χ2v) is 6.32. The predicted octanol–water partition coefficient (Wildman–Crippen LogP) is 2.90. The Morgan fingerprint density at radius 2 is 1.84 bits per heavy atom. The van der Waals surface area contributed by atoms with Crippen LogP contribution in [0.5, 0.6) is 5.75 Å². The van der Waals surface area contributed by atoms with Crippen molar-refractivity contribution in [3.8, 4) is 5.75 Å². The largest absolute Gasteiger partial charge is 0.495 e. The van der Waals surface area contributed by atoms with E-state index in [1.54, 1.807) is 25.3 Å². The molecular weight excluding hydrogens is 240 g/mol. The molecule has 104 valence electrons. The Morgan fingerprint density at radius 1 is 1.26 bits per heavy atom. The minimum atomic E-state index is 0.0311. The van der Waals surface area contributed by atoms with Crippen molar-refractivity contribution in [2.24, 2.45) is 16.7 Å². The van der Waals surface area contributed by atoms with E-state index in [4.69, 9.17) is 10.5 Å². The fourth-order valence-corrected chi connectivity index (χ4v) is 2.86. The number of rotatable bonds is 3. The van der Waals surface area contributed by atoms with Crippen molar-refractivity contribution in [3.05, 3.63) is 18.2 Å². The Balaban J connectivity index is 2.13. The van der Waals surface area contributed by atoms with Crippen LogP contribution in [0.2, 0.25) is 0 Å². The molecule has 0 bridgehead atoms. The van der Waals surface area contributed by atoms with Crippen molar-refractivity contribution in [3.63, 3.8) is 0 Å². The predicted molar refractivity (Wildman–Crippen MR) is 77.1 cm³/mol. The van der Waals surface area contributed by atoms with Crippen LogP contribution in [0.4, 0.5) is 11.4 Å². The van der Waals surface area contributed by atoms with Crippen LogP contribution in [0, 0.1) is 16.7 Å². The minimum Gasteiger partial charge on any atom is -0.495 e. The number of nitrogens with two attached hydrogens (primary N) is 1. The Bertz CT molecular complexity index is 507. The summed E-state index contributed by atoms with van der Waals surface area (Å²) in [6, 6.07) is 5.27. The lowest BCUT2D eigenvalue weighted by Gasteiger charge is -2.09. The molecule has 2 rings (SSSR count). The maximum atomic E-state index is 12.3. The molecule has 0 saturated heterocycles. The first kappa shape index (κ1) is 13.7. The Labute approximate surface area is 114 Å². The second-order valence-electron chi connectivity index (χ2n) is 6.32. The molecular formula is C15H22N2O2. The van der Waals surface area contributed by atoms with Crippen LogP contribution in [-0.2, 0) is 4.79 Å². The summed E-state index contributed by atoms with van der Waals surface area (Å²) < 4.78 is 5.15. The van der Waals surface area contributed by atoms with Crippen molar-refractivity contribution in [2.75, 3.05) is 18.2 Å². The van der Waals surface area contributed by atoms with Crippen molar-refractivity contribution >= 4 is 17.3 Å². The van der Waals surface area contributed by atoms with Gasteiger partial charge in [0, 0.05) is 17.7 Å². The molecule has 0 radical (unpaired) electrons. The number of methoxy groups -OCH3 is 1. The van der Waals surface area contributed by atoms with E-state index >= 15 is 0 Å². The van der Waals surface area contributed by atoms with Crippen LogP contribution in [0.15, 0.2) is 18.2 Å². The van der Waals surface area contributed by atoms with Crippen LogP contribution < -0.4 is 15.8 Å². The maximum absolute atomic E-state index is 12.3. The Kier molecular flexibility index (Phi) is 3.00. The molecule has 1 saturated carbocycles. The van der Waals surface area contributed by atoms with Gasteiger partial charge in [-0.15, -0.1) is 0 Å². The van der Waals surface area contributed by atoms with Gasteiger partial charge in [-0.3, -0.25) is 4.79 Å². The van der Waals surface area contributed by atoms with Gasteiger partial charge in [0.25, 0.3) is 0 Å². The molecule has 4 nitrogen and oxygen atoms in total. The lowest BCUT2D eigenvalue weighted by molar-refractivity contribution is -0.118. The van der Waals surface area contributed by atoms with Crippen LogP contribution in [0.25, 0.3) is 0 Å². The third-order valence-corrected chi connectivity index (χ3v) is 4.78. The van der Waals surface area contributed by atoms with Gasteiger partial charge in [0.2, 0.25) is 5.91 Å². The number of hydrogen-bond donors (Lipinski definition) is 2. The standard InChI is InChI=1S/C15H22N2O2/c1-14(2)12(15(14,3)4)13(18)17-9-6-7-10(16)11(8-9)19-5/h6-8,12H,16H2,1-5H3,(H,17,18). The molecule has 0 spiro atoms. The fourth-order valence-electron chi connectivity index (χ4n) is 2.86. The van der Waals surface area contributed by atoms with Gasteiger partial charge in [-0.25, -0.2) is 0 Å². The molecule has 1 aromatic rings. The molecule has 1 aliphatic rings. The summed E-state index contributed by atoms with van der Waals surface area (Å²) in [7, 11) is 1.56. The summed E-state index contributed by atoms with van der Waals surface area (Å²) in [6.07, 6.45) is 0. The van der Waals surface area contributed by atoms with E-state index in [9.17, 15) is 4.79 Å². The molecule has 0 heterocycles. The second kappa shape index (κ2) is 4.15. The first-order valence-corrected chi connectivity index (χ1v) is 6.46. The number of nitrogen functional groups attached to an aromatic ring is 1. The topological polar surface area (TPSA) is 64.3 Å². The van der Waals surface area contributed by atoms with Gasteiger partial charge >= 0.3 is 0 Å². The molecule has 4 heteroatoms. The van der Waals surface area contributed by atoms with E-state index < -0.39 is 0 Å². The Morgan fingerprint density at radius 3 is 2.32 bits per heavy atom. The zero-order valence-electron chi connectivity index (χ0n) is 12.2. The molecule has 0 unspecified atom stereocenters. The zero-order valence-corrected chi connectivity index (χ0v) is 12.2. The number of nitrogens with one attached hydrogen (secondary N) is 1. The third-order valence-electron chi connectivity index (χ3n) is 4.78. The van der Waals surface area contributed by atoms with Gasteiger partial charge in [0.1, 0.15) is 5.75 Å². The average molecular weight is 262 g/mol. The van der Waals surface area contributed by atoms with E-state index in [1.807, 2.05) is 0 Å². The van der Waals surface area contributed by atoms with Crippen LogP contribution in [0.1, 0.15) is 27.7 Å². The molecule has 3 N–H and O–H groups in total. The normalized spacial score (nSPS) is 19.8. The van der Waals surface area contributed by atoms with Crippen LogP contribution >= 0.6 is 0 Å². The number of carbonyl (C=O) groups is 1. The minimum absolute atomic E-state index is 0.0311. The van der Waals surface area contributed by atoms with Crippen molar-refractivity contribution in [1.29, 1.82) is 0 Å². The maximum Gasteiger partial charge on any atom is 0.228 e. The summed E-state index contributed by atoms with van der Waals surface area (Å²) in [5.41, 5.74) is 7.10. The lowest BCUT2D eigenvalue weighted by Crippen LogP contribution is -2.17. The van der Waals surface area contributed by atoms with Gasteiger partial charge < -0.3 is 15.8 Å². The number of anilines is 2. The van der Waals surface area contributed by atoms with Gasteiger partial charge in [-0.05, 0) is 23.0 Å². The highest BCUT2D eigenvalue weighted by Crippen LogP contribution is 2.68. The molecule has 19 heavy (non-hydrogen) atoms. The highest BCUT2D eigenvalue weighted by atomic mass is 16.5. The highest BCUT2D eigenvalue weighted by molar-refractivity contribution is 5.96. The van der Waals surface area contributed by atoms with Crippen LogP contribution in [0.3, 0.4) is 0 Å². The van der Waals surface area contributed by atoms with Crippen molar-refractivity contribution in [2.45, 2.75) is 27.7 Å². The van der Waals surface area contributed by atoms with Crippen molar-refractivity contribution < 1.29 is 9.53 Å². The molecule has 0 aliphatic heterocycles. The van der Waals surface area contributed by atoms with Gasteiger partial charge in [-0.2, -0.15) is 0 Å². The van der Waals surface area contributed by atoms with Gasteiger partial charge in [0.15, 0.2) is 0 Å². The van der Waals surface area contributed by atoms with E-state index in [1.165, 1.54) is 0 Å². The number of ether oxygens (including phenoxy) is 1. The summed E-state index contributed by atoms with van der Waals surface area (Å²) in [5.74, 6) is 0.664. The summed E-state index contributed by atoms with van der Waals surface area (Å²) in [6.45, 7) is 8.50. The third kappa shape index (κ3) is 2.05. The van der Waals surface area contributed by atoms with Crippen LogP contribution in [-0.4, -0.2) is 13.0 Å². The van der Waals surface area contributed by atoms with Gasteiger partial charge in [0.05, 0.1) is 12.8 Å². The number of benzene rings is 1. The monoisotopic (exact) mass is 262 g/mol. The number of carbonyl (C=O) groups excluding carboxylic acids is 1. The average Bonchev–Trinajstić information content (AvgIpc) is 2.72. The molecule has 1 aromatic carbocycles. The quantitative estimate of drug-likeness (QED) is 0.823. The molecule has 0 atom stereocenters. The lowest BCUT2D eigenvalue weighted by atomic mass is 10.0. The molecule has 1 fully saturated rings. The van der Waals surface area contributed by atoms with E-state index in [0.717, 1.165) is 5.69 Å². The smallest absolute Gasteiger partial charge is 0.228 e. The summed E-state index contributed by atoms with van der Waals surface area (Å²) in [4.78, 5) is 12.3. The number of amides is 1. The summed E-state index contributed by atoms with van der Waals surface area (Å²) >= 11 is 0.